The Kier molecular flexibility index (Phi) is 6.53. The lowest BCUT2D eigenvalue weighted by Gasteiger charge is -2.22. The Labute approximate surface area is 133 Å². The number of aromatic nitrogens is 1. The van der Waals surface area contributed by atoms with E-state index in [9.17, 15) is 9.59 Å². The molecule has 2 amide bonds. The van der Waals surface area contributed by atoms with Crippen molar-refractivity contribution in [1.29, 1.82) is 0 Å². The van der Waals surface area contributed by atoms with Crippen molar-refractivity contribution in [2.75, 3.05) is 13.1 Å². The maximum absolute atomic E-state index is 12.5. The van der Waals surface area contributed by atoms with Crippen LogP contribution in [0.3, 0.4) is 0 Å². The van der Waals surface area contributed by atoms with Gasteiger partial charge < -0.3 is 10.2 Å². The lowest BCUT2D eigenvalue weighted by Crippen LogP contribution is -2.40. The van der Waals surface area contributed by atoms with Gasteiger partial charge in [-0.05, 0) is 45.7 Å². The summed E-state index contributed by atoms with van der Waals surface area (Å²) < 4.78 is 0. The van der Waals surface area contributed by atoms with Gasteiger partial charge in [0.2, 0.25) is 0 Å². The fourth-order valence-corrected chi connectivity index (χ4v) is 2.12. The summed E-state index contributed by atoms with van der Waals surface area (Å²) in [5.41, 5.74) is 0.464. The van der Waals surface area contributed by atoms with E-state index in [0.717, 1.165) is 12.8 Å². The molecule has 22 heavy (non-hydrogen) atoms. The van der Waals surface area contributed by atoms with Gasteiger partial charge in [0.05, 0.1) is 0 Å². The van der Waals surface area contributed by atoms with Gasteiger partial charge in [-0.15, -0.1) is 0 Å². The first-order chi connectivity index (χ1) is 10.3. The number of carbonyl (C=O) groups excluding carboxylic acids is 2. The Bertz CT molecular complexity index is 515. The normalized spacial score (nSPS) is 11.1. The van der Waals surface area contributed by atoms with Crippen molar-refractivity contribution < 1.29 is 9.59 Å². The monoisotopic (exact) mass is 305 g/mol. The molecule has 0 bridgehead atoms. The molecule has 1 aromatic heterocycles. The highest BCUT2D eigenvalue weighted by atomic mass is 16.2. The summed E-state index contributed by atoms with van der Waals surface area (Å²) in [6.45, 7) is 11.2. The standard InChI is InChI=1S/C17H27N3O2/c1-6-10-20(11-7-2)16(22)14-12-13(8-9-18-14)15(21)19-17(3,4)5/h8-9,12H,6-7,10-11H2,1-5H3,(H,19,21). The van der Waals surface area contributed by atoms with Crippen LogP contribution in [0.15, 0.2) is 18.3 Å². The molecule has 0 aliphatic heterocycles. The van der Waals surface area contributed by atoms with Gasteiger partial charge in [-0.3, -0.25) is 14.6 Å². The summed E-state index contributed by atoms with van der Waals surface area (Å²) in [6, 6.07) is 3.20. The van der Waals surface area contributed by atoms with E-state index in [-0.39, 0.29) is 17.4 Å². The minimum Gasteiger partial charge on any atom is -0.347 e. The molecule has 1 aromatic rings. The van der Waals surface area contributed by atoms with Crippen LogP contribution in [0.25, 0.3) is 0 Å². The van der Waals surface area contributed by atoms with E-state index < -0.39 is 0 Å². The van der Waals surface area contributed by atoms with Crippen molar-refractivity contribution in [1.82, 2.24) is 15.2 Å². The maximum atomic E-state index is 12.5. The minimum atomic E-state index is -0.318. The lowest BCUT2D eigenvalue weighted by molar-refractivity contribution is 0.0749. The van der Waals surface area contributed by atoms with Crippen LogP contribution in [0.5, 0.6) is 0 Å². The maximum Gasteiger partial charge on any atom is 0.272 e. The fraction of sp³-hybridized carbons (Fsp3) is 0.588. The number of nitrogens with zero attached hydrogens (tertiary/aromatic N) is 2. The van der Waals surface area contributed by atoms with Crippen molar-refractivity contribution >= 4 is 11.8 Å². The van der Waals surface area contributed by atoms with Crippen molar-refractivity contribution in [3.05, 3.63) is 29.6 Å². The van der Waals surface area contributed by atoms with Gasteiger partial charge in [0.15, 0.2) is 0 Å². The first kappa shape index (κ1) is 18.1. The summed E-state index contributed by atoms with van der Waals surface area (Å²) in [7, 11) is 0. The van der Waals surface area contributed by atoms with Crippen molar-refractivity contribution in [2.24, 2.45) is 0 Å². The van der Waals surface area contributed by atoms with E-state index in [0.29, 0.717) is 24.3 Å². The molecule has 5 nitrogen and oxygen atoms in total. The SMILES string of the molecule is CCCN(CCC)C(=O)c1cc(C(=O)NC(C)(C)C)ccn1. The number of hydrogen-bond acceptors (Lipinski definition) is 3. The lowest BCUT2D eigenvalue weighted by atomic mass is 10.1. The van der Waals surface area contributed by atoms with E-state index in [2.05, 4.69) is 10.3 Å². The molecule has 0 unspecified atom stereocenters. The molecule has 0 aliphatic rings. The topological polar surface area (TPSA) is 62.3 Å². The third-order valence-corrected chi connectivity index (χ3v) is 3.00. The molecule has 0 saturated carbocycles. The molecular weight excluding hydrogens is 278 g/mol. The van der Waals surface area contributed by atoms with Crippen LogP contribution < -0.4 is 5.32 Å². The van der Waals surface area contributed by atoms with Gasteiger partial charge in [0.1, 0.15) is 5.69 Å². The molecule has 0 aromatic carbocycles. The molecule has 1 N–H and O–H groups in total. The smallest absolute Gasteiger partial charge is 0.272 e. The van der Waals surface area contributed by atoms with E-state index in [1.165, 1.54) is 6.20 Å². The number of nitrogens with one attached hydrogen (secondary N) is 1. The van der Waals surface area contributed by atoms with E-state index in [4.69, 9.17) is 0 Å². The summed E-state index contributed by atoms with van der Waals surface area (Å²) >= 11 is 0. The van der Waals surface area contributed by atoms with Crippen LogP contribution in [0, 0.1) is 0 Å². The predicted molar refractivity (Wildman–Crippen MR) is 87.9 cm³/mol. The zero-order chi connectivity index (χ0) is 16.8. The van der Waals surface area contributed by atoms with Crippen LogP contribution in [-0.2, 0) is 0 Å². The van der Waals surface area contributed by atoms with Gasteiger partial charge in [-0.25, -0.2) is 0 Å². The highest BCUT2D eigenvalue weighted by Crippen LogP contribution is 2.09. The van der Waals surface area contributed by atoms with Crippen molar-refractivity contribution in [2.45, 2.75) is 53.0 Å². The van der Waals surface area contributed by atoms with Gasteiger partial charge >= 0.3 is 0 Å². The van der Waals surface area contributed by atoms with E-state index in [1.807, 2.05) is 34.6 Å². The van der Waals surface area contributed by atoms with Crippen LogP contribution in [0.4, 0.5) is 0 Å². The Morgan fingerprint density at radius 1 is 1.18 bits per heavy atom. The molecule has 5 heteroatoms. The quantitative estimate of drug-likeness (QED) is 0.879. The summed E-state index contributed by atoms with van der Waals surface area (Å²) in [4.78, 5) is 30.6. The molecule has 0 saturated heterocycles. The molecule has 0 radical (unpaired) electrons. The zero-order valence-electron chi connectivity index (χ0n) is 14.3. The number of hydrogen-bond donors (Lipinski definition) is 1. The summed E-state index contributed by atoms with van der Waals surface area (Å²) in [5.74, 6) is -0.310. The van der Waals surface area contributed by atoms with Gasteiger partial charge in [-0.1, -0.05) is 13.8 Å². The molecular formula is C17H27N3O2. The zero-order valence-corrected chi connectivity index (χ0v) is 14.3. The number of rotatable bonds is 6. The molecule has 122 valence electrons. The highest BCUT2D eigenvalue weighted by molar-refractivity contribution is 5.98. The average Bonchev–Trinajstić information content (AvgIpc) is 2.44. The van der Waals surface area contributed by atoms with Crippen molar-refractivity contribution in [3.63, 3.8) is 0 Å². The second-order valence-corrected chi connectivity index (χ2v) is 6.43. The van der Waals surface area contributed by atoms with Crippen molar-refractivity contribution in [3.8, 4) is 0 Å². The third kappa shape index (κ3) is 5.47. The Hall–Kier alpha value is -1.91. The van der Waals surface area contributed by atoms with Crippen LogP contribution >= 0.6 is 0 Å². The second-order valence-electron chi connectivity index (χ2n) is 6.43. The molecule has 0 spiro atoms. The first-order valence-corrected chi connectivity index (χ1v) is 7.86. The van der Waals surface area contributed by atoms with Crippen LogP contribution in [0.1, 0.15) is 68.3 Å². The average molecular weight is 305 g/mol. The third-order valence-electron chi connectivity index (χ3n) is 3.00. The number of pyridine rings is 1. The number of amides is 2. The first-order valence-electron chi connectivity index (χ1n) is 7.86. The predicted octanol–water partition coefficient (Wildman–Crippen LogP) is 2.87. The number of carbonyl (C=O) groups is 2. The molecule has 1 rings (SSSR count). The minimum absolute atomic E-state index is 0.117. The van der Waals surface area contributed by atoms with Gasteiger partial charge in [-0.2, -0.15) is 0 Å². The second kappa shape index (κ2) is 7.92. The molecule has 0 atom stereocenters. The Morgan fingerprint density at radius 2 is 1.77 bits per heavy atom. The van der Waals surface area contributed by atoms with E-state index >= 15 is 0 Å². The summed E-state index contributed by atoms with van der Waals surface area (Å²) in [5, 5.41) is 2.89. The molecule has 1 heterocycles. The van der Waals surface area contributed by atoms with Gasteiger partial charge in [0, 0.05) is 30.4 Å². The van der Waals surface area contributed by atoms with Gasteiger partial charge in [0.25, 0.3) is 11.8 Å². The van der Waals surface area contributed by atoms with Crippen LogP contribution in [-0.4, -0.2) is 40.3 Å². The largest absolute Gasteiger partial charge is 0.347 e. The van der Waals surface area contributed by atoms with E-state index in [1.54, 1.807) is 17.0 Å². The highest BCUT2D eigenvalue weighted by Gasteiger charge is 2.19. The van der Waals surface area contributed by atoms with Crippen LogP contribution in [0.2, 0.25) is 0 Å². The Balaban J connectivity index is 2.95. The molecule has 0 aliphatic carbocycles. The Morgan fingerprint density at radius 3 is 2.27 bits per heavy atom. The summed E-state index contributed by atoms with van der Waals surface area (Å²) in [6.07, 6.45) is 3.31. The fourth-order valence-electron chi connectivity index (χ4n) is 2.12. The molecule has 0 fully saturated rings.